The van der Waals surface area contributed by atoms with E-state index in [0.29, 0.717) is 17.9 Å². The standard InChI is InChI=1S/C15H13N3O2/c1-2-18-9-11(8-17-18)10-19-15-12-5-3-4-6-13(12)20-14(15)7-16/h3-6,8-9H,2,10H2,1H3. The lowest BCUT2D eigenvalue weighted by Crippen LogP contribution is -1.96. The molecule has 3 aromatic rings. The fourth-order valence-electron chi connectivity index (χ4n) is 2.05. The molecule has 5 nitrogen and oxygen atoms in total. The molecule has 0 saturated carbocycles. The molecular formula is C15H13N3O2. The Kier molecular flexibility index (Phi) is 3.13. The molecule has 0 radical (unpaired) electrons. The highest BCUT2D eigenvalue weighted by Gasteiger charge is 2.15. The third-order valence-corrected chi connectivity index (χ3v) is 3.05. The van der Waals surface area contributed by atoms with Crippen LogP contribution in [-0.2, 0) is 13.2 Å². The minimum Gasteiger partial charge on any atom is -0.483 e. The Hall–Kier alpha value is -2.74. The van der Waals surface area contributed by atoms with E-state index in [-0.39, 0.29) is 5.76 Å². The summed E-state index contributed by atoms with van der Waals surface area (Å²) in [5.41, 5.74) is 1.62. The number of furan rings is 1. The summed E-state index contributed by atoms with van der Waals surface area (Å²) < 4.78 is 13.0. The quantitative estimate of drug-likeness (QED) is 0.728. The fraction of sp³-hybridized carbons (Fsp3) is 0.200. The highest BCUT2D eigenvalue weighted by atomic mass is 16.5. The normalized spacial score (nSPS) is 10.6. The summed E-state index contributed by atoms with van der Waals surface area (Å²) in [6.45, 7) is 3.20. The molecule has 0 bridgehead atoms. The van der Waals surface area contributed by atoms with Crippen molar-refractivity contribution in [3.63, 3.8) is 0 Å². The maximum Gasteiger partial charge on any atom is 0.246 e. The minimum absolute atomic E-state index is 0.203. The van der Waals surface area contributed by atoms with Crippen molar-refractivity contribution >= 4 is 11.0 Å². The molecule has 0 aliphatic rings. The molecule has 0 amide bonds. The molecule has 0 N–H and O–H groups in total. The first-order valence-electron chi connectivity index (χ1n) is 6.37. The molecule has 2 heterocycles. The van der Waals surface area contributed by atoms with Gasteiger partial charge < -0.3 is 9.15 Å². The van der Waals surface area contributed by atoms with E-state index in [1.54, 1.807) is 6.20 Å². The van der Waals surface area contributed by atoms with Gasteiger partial charge in [-0.05, 0) is 19.1 Å². The zero-order valence-corrected chi connectivity index (χ0v) is 11.0. The van der Waals surface area contributed by atoms with Crippen LogP contribution in [0.2, 0.25) is 0 Å². The van der Waals surface area contributed by atoms with Crippen molar-refractivity contribution in [1.82, 2.24) is 9.78 Å². The predicted molar refractivity (Wildman–Crippen MR) is 73.2 cm³/mol. The van der Waals surface area contributed by atoms with Gasteiger partial charge >= 0.3 is 0 Å². The third-order valence-electron chi connectivity index (χ3n) is 3.05. The SMILES string of the molecule is CCn1cc(COc2c(C#N)oc3ccccc23)cn1. The van der Waals surface area contributed by atoms with Gasteiger partial charge in [-0.2, -0.15) is 10.4 Å². The van der Waals surface area contributed by atoms with Crippen molar-refractivity contribution in [2.75, 3.05) is 0 Å². The van der Waals surface area contributed by atoms with E-state index in [1.807, 2.05) is 48.1 Å². The Labute approximate surface area is 116 Å². The van der Waals surface area contributed by atoms with Crippen LogP contribution in [0.25, 0.3) is 11.0 Å². The van der Waals surface area contributed by atoms with E-state index in [0.717, 1.165) is 17.5 Å². The van der Waals surface area contributed by atoms with E-state index in [2.05, 4.69) is 5.10 Å². The molecule has 0 aliphatic carbocycles. The second-order valence-corrected chi connectivity index (χ2v) is 4.36. The van der Waals surface area contributed by atoms with Crippen LogP contribution in [0.3, 0.4) is 0 Å². The van der Waals surface area contributed by atoms with Crippen LogP contribution in [0, 0.1) is 11.3 Å². The van der Waals surface area contributed by atoms with E-state index in [9.17, 15) is 0 Å². The molecule has 2 aromatic heterocycles. The number of nitriles is 1. The Morgan fingerprint density at radius 1 is 1.40 bits per heavy atom. The first kappa shape index (κ1) is 12.3. The van der Waals surface area contributed by atoms with Gasteiger partial charge in [-0.3, -0.25) is 4.68 Å². The van der Waals surface area contributed by atoms with Crippen molar-refractivity contribution in [1.29, 1.82) is 5.26 Å². The molecular weight excluding hydrogens is 254 g/mol. The van der Waals surface area contributed by atoms with Crippen LogP contribution in [-0.4, -0.2) is 9.78 Å². The van der Waals surface area contributed by atoms with Gasteiger partial charge in [0.2, 0.25) is 5.76 Å². The molecule has 0 spiro atoms. The van der Waals surface area contributed by atoms with Gasteiger partial charge in [-0.1, -0.05) is 12.1 Å². The van der Waals surface area contributed by atoms with Gasteiger partial charge in [-0.25, -0.2) is 0 Å². The highest BCUT2D eigenvalue weighted by Crippen LogP contribution is 2.32. The first-order valence-corrected chi connectivity index (χ1v) is 6.37. The van der Waals surface area contributed by atoms with Crippen LogP contribution < -0.4 is 4.74 Å². The zero-order valence-electron chi connectivity index (χ0n) is 11.0. The molecule has 0 aliphatic heterocycles. The second-order valence-electron chi connectivity index (χ2n) is 4.36. The number of aryl methyl sites for hydroxylation is 1. The number of rotatable bonds is 4. The number of benzene rings is 1. The Balaban J connectivity index is 1.88. The summed E-state index contributed by atoms with van der Waals surface area (Å²) in [5.74, 6) is 0.696. The van der Waals surface area contributed by atoms with Gasteiger partial charge in [-0.15, -0.1) is 0 Å². The van der Waals surface area contributed by atoms with Crippen LogP contribution in [0.5, 0.6) is 5.75 Å². The van der Waals surface area contributed by atoms with Crippen LogP contribution in [0.4, 0.5) is 0 Å². The number of nitrogens with zero attached hydrogens (tertiary/aromatic N) is 3. The molecule has 3 rings (SSSR count). The minimum atomic E-state index is 0.203. The third kappa shape index (κ3) is 2.12. The molecule has 0 saturated heterocycles. The van der Waals surface area contributed by atoms with E-state index in [1.165, 1.54) is 0 Å². The maximum atomic E-state index is 9.12. The molecule has 5 heteroatoms. The van der Waals surface area contributed by atoms with Crippen molar-refractivity contribution in [2.24, 2.45) is 0 Å². The lowest BCUT2D eigenvalue weighted by molar-refractivity contribution is 0.303. The van der Waals surface area contributed by atoms with Crippen molar-refractivity contribution in [3.8, 4) is 11.8 Å². The molecule has 20 heavy (non-hydrogen) atoms. The van der Waals surface area contributed by atoms with Crippen molar-refractivity contribution in [2.45, 2.75) is 20.1 Å². The van der Waals surface area contributed by atoms with Crippen molar-refractivity contribution in [3.05, 3.63) is 48.0 Å². The lowest BCUT2D eigenvalue weighted by atomic mass is 10.2. The van der Waals surface area contributed by atoms with Gasteiger partial charge in [0.15, 0.2) is 5.75 Å². The molecule has 0 atom stereocenters. The average molecular weight is 267 g/mol. The maximum absolute atomic E-state index is 9.12. The van der Waals surface area contributed by atoms with Crippen LogP contribution in [0.1, 0.15) is 18.2 Å². The molecule has 100 valence electrons. The summed E-state index contributed by atoms with van der Waals surface area (Å²) in [4.78, 5) is 0. The zero-order chi connectivity index (χ0) is 13.9. The van der Waals surface area contributed by atoms with Gasteiger partial charge in [0, 0.05) is 18.3 Å². The Bertz CT molecular complexity index is 780. The lowest BCUT2D eigenvalue weighted by Gasteiger charge is -2.02. The summed E-state index contributed by atoms with van der Waals surface area (Å²) >= 11 is 0. The number of hydrogen-bond acceptors (Lipinski definition) is 4. The topological polar surface area (TPSA) is 64.0 Å². The molecule has 1 aromatic carbocycles. The smallest absolute Gasteiger partial charge is 0.246 e. The summed E-state index contributed by atoms with van der Waals surface area (Å²) in [6, 6.07) is 9.48. The van der Waals surface area contributed by atoms with Gasteiger partial charge in [0.05, 0.1) is 11.6 Å². The number of aromatic nitrogens is 2. The Morgan fingerprint density at radius 2 is 2.25 bits per heavy atom. The number of fused-ring (bicyclic) bond motifs is 1. The van der Waals surface area contributed by atoms with E-state index in [4.69, 9.17) is 14.4 Å². The van der Waals surface area contributed by atoms with E-state index < -0.39 is 0 Å². The summed E-state index contributed by atoms with van der Waals surface area (Å²) in [5, 5.41) is 14.1. The average Bonchev–Trinajstić information content (AvgIpc) is 3.08. The number of ether oxygens (including phenoxy) is 1. The Morgan fingerprint density at radius 3 is 3.00 bits per heavy atom. The predicted octanol–water partition coefficient (Wildman–Crippen LogP) is 3.10. The highest BCUT2D eigenvalue weighted by molar-refractivity contribution is 5.86. The van der Waals surface area contributed by atoms with Crippen LogP contribution >= 0.6 is 0 Å². The van der Waals surface area contributed by atoms with Crippen LogP contribution in [0.15, 0.2) is 41.1 Å². The number of para-hydroxylation sites is 1. The monoisotopic (exact) mass is 267 g/mol. The van der Waals surface area contributed by atoms with Gasteiger partial charge in [0.1, 0.15) is 18.3 Å². The first-order chi connectivity index (χ1) is 9.81. The molecule has 0 fully saturated rings. The van der Waals surface area contributed by atoms with Gasteiger partial charge in [0.25, 0.3) is 0 Å². The summed E-state index contributed by atoms with van der Waals surface area (Å²) in [6.07, 6.45) is 3.69. The van der Waals surface area contributed by atoms with E-state index >= 15 is 0 Å². The summed E-state index contributed by atoms with van der Waals surface area (Å²) in [7, 11) is 0. The second kappa shape index (κ2) is 5.10. The fourth-order valence-corrected chi connectivity index (χ4v) is 2.05. The largest absolute Gasteiger partial charge is 0.483 e. The molecule has 0 unspecified atom stereocenters. The van der Waals surface area contributed by atoms with Crippen molar-refractivity contribution < 1.29 is 9.15 Å². The number of hydrogen-bond donors (Lipinski definition) is 0.